The first-order chi connectivity index (χ1) is 68.0. The number of hydrogen-bond acceptors (Lipinski definition) is 48. The van der Waals surface area contributed by atoms with E-state index < -0.39 is 274 Å². The topological polar surface area (TPSA) is 896 Å². The van der Waals surface area contributed by atoms with Crippen LogP contribution in [0.5, 0.6) is 5.75 Å². The van der Waals surface area contributed by atoms with Crippen molar-refractivity contribution in [2.45, 2.75) is 182 Å². The zero-order chi connectivity index (χ0) is 101. The lowest BCUT2D eigenvalue weighted by Gasteiger charge is -2.37. The fourth-order valence-corrected chi connectivity index (χ4v) is 23.8. The number of nitrogens with two attached hydrogens (primary N) is 5. The summed E-state index contributed by atoms with van der Waals surface area (Å²) in [6, 6.07) is 3.35. The van der Waals surface area contributed by atoms with E-state index in [1.165, 1.54) is 28.7 Å². The summed E-state index contributed by atoms with van der Waals surface area (Å²) in [5, 5.41) is 11.1. The molecule has 768 valence electrons. The van der Waals surface area contributed by atoms with Crippen LogP contribution in [0.1, 0.15) is 105 Å². The van der Waals surface area contributed by atoms with E-state index >= 15 is 0 Å². The van der Waals surface area contributed by atoms with E-state index in [1.54, 1.807) is 12.1 Å². The number of fused-ring (bicyclic) bond motifs is 5. The maximum atomic E-state index is 14.8. The number of hydrogen-bond donors (Lipinski definition) is 17. The Kier molecular flexibility index (Phi) is 26.8. The van der Waals surface area contributed by atoms with Crippen molar-refractivity contribution in [3.05, 3.63) is 135 Å². The van der Waals surface area contributed by atoms with Crippen LogP contribution in [-0.4, -0.2) is 268 Å². The van der Waals surface area contributed by atoms with Gasteiger partial charge in [0.15, 0.2) is 56.1 Å². The number of nitrogen functional groups attached to an aromatic ring is 5. The summed E-state index contributed by atoms with van der Waals surface area (Å²) >= 11 is 0. The number of imidazole rings is 5. The predicted molar refractivity (Wildman–Crippen MR) is 478 cm³/mol. The summed E-state index contributed by atoms with van der Waals surface area (Å²) < 4.78 is 199. The molecular weight excluding hydrogens is 2030 g/mol. The molecule has 0 spiro atoms. The number of nitrogens with zero attached hydrogens (tertiary/aromatic N) is 18. The monoisotopic (exact) mass is 2120 g/mol. The maximum absolute atomic E-state index is 14.8. The molecule has 6 fully saturated rings. The van der Waals surface area contributed by atoms with Gasteiger partial charge in [-0.3, -0.25) is 131 Å². The van der Waals surface area contributed by atoms with Crippen molar-refractivity contribution < 1.29 is 145 Å². The molecule has 22 N–H and O–H groups in total. The summed E-state index contributed by atoms with van der Waals surface area (Å²) in [7, 11) is -33.1. The van der Waals surface area contributed by atoms with Gasteiger partial charge >= 0.3 is 52.6 Å². The quantitative estimate of drug-likeness (QED) is 0.0223. The molecule has 71 heteroatoms. The molecule has 65 nitrogen and oxygen atoms in total. The van der Waals surface area contributed by atoms with Gasteiger partial charge in [0.05, 0.1) is 77.4 Å². The van der Waals surface area contributed by atoms with E-state index in [0.29, 0.717) is 12.0 Å². The van der Waals surface area contributed by atoms with E-state index in [4.69, 9.17) is 111 Å². The summed E-state index contributed by atoms with van der Waals surface area (Å²) in [5.74, 6) is -1.45. The van der Waals surface area contributed by atoms with Gasteiger partial charge in [0, 0.05) is 74.6 Å². The molecule has 6 unspecified atom stereocenters. The second kappa shape index (κ2) is 38.7. The Bertz CT molecular complexity index is 7660. The van der Waals surface area contributed by atoms with E-state index in [-0.39, 0.29) is 91.7 Å². The van der Waals surface area contributed by atoms with E-state index in [1.807, 2.05) is 0 Å². The van der Waals surface area contributed by atoms with Crippen molar-refractivity contribution in [2.24, 2.45) is 0 Å². The highest BCUT2D eigenvalue weighted by atomic mass is 31.2. The van der Waals surface area contributed by atoms with Crippen molar-refractivity contribution in [2.75, 3.05) is 86.3 Å². The first kappa shape index (κ1) is 99.2. The number of H-pyrrole nitrogens is 5. The molecule has 0 aliphatic carbocycles. The number of aryl methyl sites for hydroxylation is 2. The summed E-state index contributed by atoms with van der Waals surface area (Å²) in [4.78, 5) is 207. The van der Waals surface area contributed by atoms with Gasteiger partial charge in [-0.05, 0) is 44.2 Å². The molecule has 1 aromatic carbocycles. The molecule has 0 radical (unpaired) electrons. The summed E-state index contributed by atoms with van der Waals surface area (Å²) in [6.07, 6.45) is -20.1. The lowest BCUT2D eigenvalue weighted by molar-refractivity contribution is -0.0638. The third-order valence-electron chi connectivity index (χ3n) is 24.6. The number of ether oxygens (including phenoxy) is 6. The van der Waals surface area contributed by atoms with Crippen LogP contribution in [0.4, 0.5) is 35.3 Å². The van der Waals surface area contributed by atoms with Gasteiger partial charge in [-0.2, -0.15) is 19.9 Å². The molecule has 12 aromatic rings. The van der Waals surface area contributed by atoms with Gasteiger partial charge < -0.3 is 96.1 Å². The molecule has 24 atom stereocenters. The summed E-state index contributed by atoms with van der Waals surface area (Å²) in [5.41, 5.74) is 26.0. The fraction of sp³-hybridized carbons (Fsp3) is 0.514. The van der Waals surface area contributed by atoms with Crippen molar-refractivity contribution in [3.8, 4) is 5.75 Å². The molecule has 20 rings (SSSR count). The largest absolute Gasteiger partial charge is 0.527 e. The average Bonchev–Trinajstić information content (AvgIpc) is 1.35. The minimum Gasteiger partial charge on any atom is -0.404 e. The molecule has 8 aliphatic heterocycles. The number of benzene rings is 1. The number of aromatic nitrogens is 22. The maximum Gasteiger partial charge on any atom is 0.527 e. The van der Waals surface area contributed by atoms with Crippen molar-refractivity contribution >= 4 is 138 Å². The highest BCUT2D eigenvalue weighted by molar-refractivity contribution is 7.48. The highest BCUT2D eigenvalue weighted by Crippen LogP contribution is 2.58. The van der Waals surface area contributed by atoms with Crippen molar-refractivity contribution in [1.82, 2.24) is 107 Å². The lowest BCUT2D eigenvalue weighted by atomic mass is 9.91. The van der Waals surface area contributed by atoms with E-state index in [2.05, 4.69) is 84.6 Å². The first-order valence-corrected chi connectivity index (χ1v) is 52.5. The smallest absolute Gasteiger partial charge is 0.404 e. The number of phosphoric acid groups is 6. The number of phosphoric ester groups is 6. The number of anilines is 6. The Morgan fingerprint density at radius 2 is 0.706 bits per heavy atom. The van der Waals surface area contributed by atoms with Crippen LogP contribution in [0.3, 0.4) is 0 Å². The summed E-state index contributed by atoms with van der Waals surface area (Å²) in [6.45, 7) is -3.28. The number of aromatic amines is 5. The molecule has 0 saturated carbocycles. The van der Waals surface area contributed by atoms with Crippen LogP contribution in [0, 0.1) is 6.92 Å². The minimum absolute atomic E-state index is 0.00305. The standard InChI is InChI=1S/C72H88N28O37P6/c1-29-16-95(72(107)93-63(29)102)46-11-34(40(127-46)18-121-138(108,109)132-33-7-6-30-4-2-8-94-9-3-5-31(33)56(30)94)133-140(112,113)123-20-42-36(13-48(129-42)98-26-82-53-60(98)86-69(75)90-65(53)104)136-142(116,117)125-22-44-38(15-50(131-44)100-28-84-55-62(100)88-71(77)92-67(55)106)137-143(118,119)124-21-43-37(14-49(130-43)99-27-83-54-61(99)87-70(76)91-66(54)105)135-141(114,115)122-19-41-35(12-47(128-41)96-24-80-51-57(73)78-23-79-58(51)96)134-139(110,111)120-17-39-32(101)10-45(126-39)97-25-81-52-59(97)85-68(74)89-64(52)103/h6-7,16,23-28,32,34-50,101H,2-5,8-15,17-22H2,1H3,(H,108,109)(H,110,111)(H,112,113)(H,114,115)(H,116,117)(H,118,119)(H2,73,78,79)(H,93,102,107)(H3,74,85,89,103)(H3,75,86,90,104)(H3,76,87,91,105)(H3,77,88,92,106)/t32-,34-,35-,36-,37-,38-,39+,40+,41+,42+,43+,44+,45+,46+,47+,48+,49+,50+/m0/s1. The molecule has 143 heavy (non-hydrogen) atoms. The fourth-order valence-electron chi connectivity index (χ4n) is 18.2. The van der Waals surface area contributed by atoms with Crippen LogP contribution in [0.15, 0.2) is 85.1 Å². The van der Waals surface area contributed by atoms with Crippen LogP contribution in [-0.2, 0) is 118 Å². The second-order valence-electron chi connectivity index (χ2n) is 34.1. The third-order valence-corrected chi connectivity index (χ3v) is 30.6. The first-order valence-electron chi connectivity index (χ1n) is 43.6. The zero-order valence-electron chi connectivity index (χ0n) is 73.8. The van der Waals surface area contributed by atoms with Crippen LogP contribution in [0.2, 0.25) is 0 Å². The normalized spacial score (nSPS) is 28.2. The van der Waals surface area contributed by atoms with Crippen molar-refractivity contribution in [1.29, 1.82) is 0 Å². The Balaban J connectivity index is 0.530. The Morgan fingerprint density at radius 1 is 0.385 bits per heavy atom. The van der Waals surface area contributed by atoms with Gasteiger partial charge in [-0.1, -0.05) is 6.07 Å². The molecule has 8 aliphatic rings. The Hall–Kier alpha value is -11.1. The van der Waals surface area contributed by atoms with Crippen LogP contribution < -0.4 is 71.6 Å². The SMILES string of the molecule is Cc1cn([C@H]2C[C@H](OP(=O)(O)OC[C@H]3O[C@@H](n4cnc5c(=O)[nH]c(N)nc54)C[C@@H]3OP(=O)(O)OC[C@H]3O[C@@H](n4cnc5c(=O)[nH]c(N)nc54)C[C@@H]3OP(=O)(O)OC[C@H]3O[C@@H](n4cnc5c(=O)[nH]c(N)nc54)C[C@@H]3OP(=O)(O)OC[C@H]3O[C@@H](n4cnc5c(N)ncnc54)C[C@@H]3OP(=O)(O)OC[C@H]3O[C@@H](n4cnc5c(=O)[nH]c(N)nc54)C[C@@H]3O)[C@@H](COP(=O)(O)Oc3ccc4c5c3CCCN5CCC4)O2)c(=O)[nH]c1=O. The molecule has 0 amide bonds. The molecule has 0 bridgehead atoms. The minimum atomic E-state index is -5.72. The second-order valence-corrected chi connectivity index (χ2v) is 42.5. The number of aliphatic hydroxyl groups excluding tert-OH is 1. The van der Waals surface area contributed by atoms with Crippen molar-refractivity contribution in [3.63, 3.8) is 0 Å². The van der Waals surface area contributed by atoms with Crippen LogP contribution >= 0.6 is 46.9 Å². The van der Waals surface area contributed by atoms with Gasteiger partial charge in [0.1, 0.15) is 122 Å². The Labute approximate surface area is 795 Å². The van der Waals surface area contributed by atoms with Crippen LogP contribution in [0.25, 0.3) is 55.8 Å². The number of aliphatic hydroxyl groups is 1. The molecule has 6 saturated heterocycles. The van der Waals surface area contributed by atoms with Gasteiger partial charge in [-0.25, -0.2) is 67.1 Å². The Morgan fingerprint density at radius 3 is 1.08 bits per heavy atom. The molecule has 19 heterocycles. The van der Waals surface area contributed by atoms with Gasteiger partial charge in [-0.15, -0.1) is 0 Å². The number of nitrogens with one attached hydrogen (secondary N) is 5. The highest BCUT2D eigenvalue weighted by Gasteiger charge is 2.53. The average molecular weight is 2120 g/mol. The molecule has 11 aromatic heterocycles. The predicted octanol–water partition coefficient (Wildman–Crippen LogP) is -0.380. The van der Waals surface area contributed by atoms with Gasteiger partial charge in [0.25, 0.3) is 27.8 Å². The van der Waals surface area contributed by atoms with Gasteiger partial charge in [0.2, 0.25) is 23.8 Å². The number of rotatable bonds is 36. The molecular formula is C72H88N28O37P6. The van der Waals surface area contributed by atoms with E-state index in [0.717, 1.165) is 93.4 Å². The zero-order valence-corrected chi connectivity index (χ0v) is 79.2. The van der Waals surface area contributed by atoms with E-state index in [9.17, 15) is 90.6 Å². The lowest BCUT2D eigenvalue weighted by Crippen LogP contribution is -2.34. The third kappa shape index (κ3) is 20.8.